The lowest BCUT2D eigenvalue weighted by molar-refractivity contribution is -0.142. The Bertz CT molecular complexity index is 1790. The third kappa shape index (κ3) is 5.99. The maximum Gasteiger partial charge on any atom is 0.331 e. The minimum Gasteiger partial charge on any atom is -0.495 e. The van der Waals surface area contributed by atoms with E-state index in [1.807, 2.05) is 67.6 Å². The molecule has 6 heteroatoms. The fraction of sp³-hybridized carbons (Fsp3) is 0.135. The first-order valence-corrected chi connectivity index (χ1v) is 14.3. The minimum atomic E-state index is -0.335. The van der Waals surface area contributed by atoms with Crippen LogP contribution in [-0.2, 0) is 22.4 Å². The molecular weight excluding hydrogens is 534 g/mol. The van der Waals surface area contributed by atoms with Gasteiger partial charge in [-0.3, -0.25) is 0 Å². The van der Waals surface area contributed by atoms with Gasteiger partial charge in [-0.2, -0.15) is 0 Å². The highest BCUT2D eigenvalue weighted by atomic mass is 16.5. The average molecular weight is 568 g/mol. The van der Waals surface area contributed by atoms with Crippen molar-refractivity contribution in [2.45, 2.75) is 25.9 Å². The molecule has 3 N–H and O–H groups in total. The lowest BCUT2D eigenvalue weighted by Gasteiger charge is -2.09. The second-order valence-corrected chi connectivity index (χ2v) is 10.5. The minimum absolute atomic E-state index is 0.116. The van der Waals surface area contributed by atoms with Gasteiger partial charge in [-0.1, -0.05) is 91.0 Å². The summed E-state index contributed by atoms with van der Waals surface area (Å²) in [7, 11) is 1.60. The number of anilines is 1. The van der Waals surface area contributed by atoms with Gasteiger partial charge in [0.05, 0.1) is 24.2 Å². The topological polar surface area (TPSA) is 90.2 Å². The van der Waals surface area contributed by atoms with Crippen molar-refractivity contribution in [2.24, 2.45) is 0 Å². The predicted molar refractivity (Wildman–Crippen MR) is 173 cm³/mol. The van der Waals surface area contributed by atoms with Gasteiger partial charge >= 0.3 is 5.97 Å². The van der Waals surface area contributed by atoms with Crippen molar-refractivity contribution in [3.05, 3.63) is 125 Å². The second-order valence-electron chi connectivity index (χ2n) is 10.5. The van der Waals surface area contributed by atoms with Crippen LogP contribution in [-0.4, -0.2) is 29.2 Å². The Morgan fingerprint density at radius 3 is 2.16 bits per heavy atom. The number of imidazole rings is 1. The number of hydrogen-bond donors (Lipinski definition) is 2. The largest absolute Gasteiger partial charge is 0.495 e. The Hall–Kier alpha value is -5.36. The molecule has 1 aromatic heterocycles. The number of nitrogens with zero attached hydrogens (tertiary/aromatic N) is 1. The first-order valence-electron chi connectivity index (χ1n) is 14.3. The molecule has 6 rings (SSSR count). The van der Waals surface area contributed by atoms with Crippen LogP contribution in [0.4, 0.5) is 5.69 Å². The number of methoxy groups -OCH3 is 1. The van der Waals surface area contributed by atoms with Crippen molar-refractivity contribution >= 4 is 23.8 Å². The highest BCUT2D eigenvalue weighted by molar-refractivity contribution is 5.88. The summed E-state index contributed by atoms with van der Waals surface area (Å²) in [5.74, 6) is 0.915. The van der Waals surface area contributed by atoms with Crippen LogP contribution >= 0.6 is 0 Å². The molecule has 0 radical (unpaired) electrons. The van der Waals surface area contributed by atoms with Crippen molar-refractivity contribution in [2.75, 3.05) is 12.8 Å². The number of hydrogen-bond acceptors (Lipinski definition) is 5. The highest BCUT2D eigenvalue weighted by Gasteiger charge is 2.23. The van der Waals surface area contributed by atoms with Gasteiger partial charge in [-0.25, -0.2) is 9.78 Å². The molecule has 0 saturated heterocycles. The summed E-state index contributed by atoms with van der Waals surface area (Å²) < 4.78 is 11.1. The quantitative estimate of drug-likeness (QED) is 0.114. The van der Waals surface area contributed by atoms with E-state index < -0.39 is 0 Å². The molecule has 5 aromatic rings. The summed E-state index contributed by atoms with van der Waals surface area (Å²) in [5, 5.41) is 0. The zero-order valence-corrected chi connectivity index (χ0v) is 24.2. The fourth-order valence-corrected chi connectivity index (χ4v) is 5.52. The van der Waals surface area contributed by atoms with Crippen LogP contribution in [0.2, 0.25) is 0 Å². The van der Waals surface area contributed by atoms with E-state index in [4.69, 9.17) is 20.2 Å². The van der Waals surface area contributed by atoms with Gasteiger partial charge in [0.15, 0.2) is 0 Å². The summed E-state index contributed by atoms with van der Waals surface area (Å²) >= 11 is 0. The molecule has 0 amide bonds. The number of fused-ring (bicyclic) bond motifs is 1. The Morgan fingerprint density at radius 2 is 1.51 bits per heavy atom. The number of carbonyl (C=O) groups excluding carboxylic acids is 1. The maximum atomic E-state index is 12.5. The van der Waals surface area contributed by atoms with E-state index in [0.717, 1.165) is 52.0 Å². The maximum absolute atomic E-state index is 12.5. The third-order valence-corrected chi connectivity index (χ3v) is 7.70. The Morgan fingerprint density at radius 1 is 0.860 bits per heavy atom. The molecule has 0 spiro atoms. The van der Waals surface area contributed by atoms with Crippen molar-refractivity contribution in [3.8, 4) is 39.7 Å². The highest BCUT2D eigenvalue weighted by Crippen LogP contribution is 2.37. The fourth-order valence-electron chi connectivity index (χ4n) is 5.52. The molecule has 6 nitrogen and oxygen atoms in total. The van der Waals surface area contributed by atoms with Gasteiger partial charge in [0.1, 0.15) is 17.7 Å². The molecule has 1 aliphatic carbocycles. The number of carbonyl (C=O) groups is 1. The van der Waals surface area contributed by atoms with E-state index in [1.54, 1.807) is 13.2 Å². The molecule has 0 fully saturated rings. The summed E-state index contributed by atoms with van der Waals surface area (Å²) in [5.41, 5.74) is 15.8. The van der Waals surface area contributed by atoms with Crippen molar-refractivity contribution in [1.82, 2.24) is 9.97 Å². The summed E-state index contributed by atoms with van der Waals surface area (Å²) in [6, 6.07) is 30.2. The molecule has 0 bridgehead atoms. The van der Waals surface area contributed by atoms with Crippen LogP contribution in [0.3, 0.4) is 0 Å². The smallest absolute Gasteiger partial charge is 0.331 e. The number of ether oxygens (including phenoxy) is 2. The Kier molecular flexibility index (Phi) is 7.92. The number of allylic oxidation sites excluding steroid dienone is 1. The lowest BCUT2D eigenvalue weighted by atomic mass is 10.0. The van der Waals surface area contributed by atoms with Gasteiger partial charge in [-0.05, 0) is 47.4 Å². The lowest BCUT2D eigenvalue weighted by Crippen LogP contribution is -2.16. The number of aromatic nitrogens is 2. The molecule has 0 unspecified atom stereocenters. The van der Waals surface area contributed by atoms with Gasteiger partial charge < -0.3 is 20.2 Å². The van der Waals surface area contributed by atoms with Crippen molar-refractivity contribution in [1.29, 1.82) is 0 Å². The van der Waals surface area contributed by atoms with Crippen LogP contribution in [0, 0.1) is 0 Å². The first kappa shape index (κ1) is 27.8. The van der Waals surface area contributed by atoms with E-state index in [9.17, 15) is 4.79 Å². The Balaban J connectivity index is 1.25. The van der Waals surface area contributed by atoms with Crippen LogP contribution in [0.25, 0.3) is 46.1 Å². The number of rotatable bonds is 8. The number of nitrogens with two attached hydrogens (primary N) is 1. The van der Waals surface area contributed by atoms with E-state index in [-0.39, 0.29) is 12.1 Å². The summed E-state index contributed by atoms with van der Waals surface area (Å²) in [4.78, 5) is 21.1. The second kappa shape index (κ2) is 12.2. The van der Waals surface area contributed by atoms with Gasteiger partial charge in [-0.15, -0.1) is 0 Å². The van der Waals surface area contributed by atoms with E-state index in [2.05, 4.69) is 47.5 Å². The van der Waals surface area contributed by atoms with Gasteiger partial charge in [0, 0.05) is 35.6 Å². The number of esters is 1. The van der Waals surface area contributed by atoms with Crippen LogP contribution in [0.15, 0.2) is 103 Å². The summed E-state index contributed by atoms with van der Waals surface area (Å²) in [6.45, 7) is 2.00. The number of nitrogens with one attached hydrogen (secondary N) is 1. The van der Waals surface area contributed by atoms with Crippen LogP contribution in [0.1, 0.15) is 29.2 Å². The Labute approximate surface area is 251 Å². The molecule has 0 atom stereocenters. The predicted octanol–water partition coefficient (Wildman–Crippen LogP) is 7.76. The third-order valence-electron chi connectivity index (χ3n) is 7.70. The number of nitrogen functional groups attached to an aromatic ring is 1. The molecule has 4 aromatic carbocycles. The van der Waals surface area contributed by atoms with Gasteiger partial charge in [0.2, 0.25) is 0 Å². The van der Waals surface area contributed by atoms with E-state index in [0.29, 0.717) is 17.3 Å². The molecule has 43 heavy (non-hydrogen) atoms. The zero-order valence-electron chi connectivity index (χ0n) is 24.2. The molecule has 0 saturated carbocycles. The van der Waals surface area contributed by atoms with Gasteiger partial charge in [0.25, 0.3) is 0 Å². The molecule has 0 aliphatic heterocycles. The number of benzene rings is 4. The number of aromatic amines is 1. The molecule has 214 valence electrons. The molecule has 1 heterocycles. The number of H-pyrrole nitrogens is 1. The zero-order chi connectivity index (χ0) is 29.8. The molecular formula is C37H33N3O3. The average Bonchev–Trinajstić information content (AvgIpc) is 3.65. The van der Waals surface area contributed by atoms with E-state index in [1.165, 1.54) is 17.2 Å². The van der Waals surface area contributed by atoms with E-state index >= 15 is 0 Å². The van der Waals surface area contributed by atoms with Crippen LogP contribution in [0.5, 0.6) is 5.75 Å². The van der Waals surface area contributed by atoms with Crippen molar-refractivity contribution < 1.29 is 14.3 Å². The normalized spacial score (nSPS) is 13.1. The summed E-state index contributed by atoms with van der Waals surface area (Å²) in [6.07, 6.45) is 8.76. The van der Waals surface area contributed by atoms with Crippen molar-refractivity contribution in [3.63, 3.8) is 0 Å². The monoisotopic (exact) mass is 567 g/mol. The SMILES string of the molecule is C/C=C/c1ccc(-c2[nH]c(-c3cccc(OC)c3N)nc2-c2ccc(/C=C/C(=O)OC3Cc4ccccc4C3)cc2)cc1. The molecule has 1 aliphatic rings. The number of para-hydroxylation sites is 1. The first-order chi connectivity index (χ1) is 21.0. The standard InChI is InChI=1S/C37H33N3O3/c1-3-7-24-12-17-26(18-13-24)35-36(40-37(39-35)31-10-6-11-32(42-2)34(31)38)27-19-14-25(15-20-27)16-21-33(41)43-30-22-28-8-4-5-9-29(28)23-30/h3-21,30H,22-23,38H2,1-2H3,(H,39,40)/b7-3+,21-16+. The van der Waals surface area contributed by atoms with Crippen LogP contribution < -0.4 is 10.5 Å².